The molecule has 0 fully saturated rings. The number of hydrogen-bond donors (Lipinski definition) is 1. The normalized spacial score (nSPS) is 12.3. The number of carboxylic acids is 1. The second-order valence-corrected chi connectivity index (χ2v) is 5.46. The summed E-state index contributed by atoms with van der Waals surface area (Å²) in [6.45, 7) is 7.53. The molecule has 0 aliphatic rings. The zero-order valence-corrected chi connectivity index (χ0v) is 12.8. The molecular weight excluding hydrogens is 280 g/mol. The quantitative estimate of drug-likeness (QED) is 0.836. The van der Waals surface area contributed by atoms with E-state index in [9.17, 15) is 9.59 Å². The molecule has 1 N–H and O–H groups in total. The van der Waals surface area contributed by atoms with Crippen LogP contribution >= 0.6 is 11.6 Å². The molecule has 0 aromatic heterocycles. The third kappa shape index (κ3) is 3.73. The van der Waals surface area contributed by atoms with E-state index < -0.39 is 11.9 Å². The van der Waals surface area contributed by atoms with Crippen LogP contribution < -0.4 is 0 Å². The first kappa shape index (κ1) is 16.5. The van der Waals surface area contributed by atoms with E-state index in [1.807, 2.05) is 20.8 Å². The minimum Gasteiger partial charge on any atom is -0.478 e. The summed E-state index contributed by atoms with van der Waals surface area (Å²) >= 11 is 5.90. The summed E-state index contributed by atoms with van der Waals surface area (Å²) in [6.07, 6.45) is 0.443. The first-order valence-electron chi connectivity index (χ1n) is 6.52. The van der Waals surface area contributed by atoms with E-state index in [1.165, 1.54) is 12.1 Å². The molecule has 0 aliphatic heterocycles. The van der Waals surface area contributed by atoms with Crippen LogP contribution in [0.15, 0.2) is 12.1 Å². The highest BCUT2D eigenvalue weighted by Gasteiger charge is 2.23. The number of aromatic carboxylic acids is 1. The van der Waals surface area contributed by atoms with Gasteiger partial charge in [-0.3, -0.25) is 0 Å². The molecule has 1 atom stereocenters. The predicted molar refractivity (Wildman–Crippen MR) is 77.5 cm³/mol. The monoisotopic (exact) mass is 298 g/mol. The van der Waals surface area contributed by atoms with E-state index in [0.717, 1.165) is 0 Å². The molecule has 0 aliphatic carbocycles. The van der Waals surface area contributed by atoms with Crippen LogP contribution in [0.2, 0.25) is 5.02 Å². The number of aryl methyl sites for hydroxylation is 1. The Morgan fingerprint density at radius 1 is 1.30 bits per heavy atom. The van der Waals surface area contributed by atoms with Gasteiger partial charge in [-0.1, -0.05) is 32.4 Å². The van der Waals surface area contributed by atoms with Crippen molar-refractivity contribution in [2.45, 2.75) is 40.2 Å². The minimum atomic E-state index is -1.20. The average molecular weight is 299 g/mol. The molecule has 0 amide bonds. The standard InChI is InChI=1S/C15H19ClO4/c1-5-13(8(2)3)20-15(19)11-6-9(4)12(16)7-10(11)14(17)18/h6-8,13H,5H2,1-4H3,(H,17,18). The molecule has 110 valence electrons. The Hall–Kier alpha value is -1.55. The van der Waals surface area contributed by atoms with Crippen LogP contribution in [-0.4, -0.2) is 23.1 Å². The lowest BCUT2D eigenvalue weighted by atomic mass is 10.0. The van der Waals surface area contributed by atoms with Gasteiger partial charge in [0, 0.05) is 5.02 Å². The van der Waals surface area contributed by atoms with Crippen LogP contribution in [-0.2, 0) is 4.74 Å². The van der Waals surface area contributed by atoms with E-state index >= 15 is 0 Å². The van der Waals surface area contributed by atoms with Gasteiger partial charge in [0.2, 0.25) is 0 Å². The summed E-state index contributed by atoms with van der Waals surface area (Å²) in [7, 11) is 0. The summed E-state index contributed by atoms with van der Waals surface area (Å²) in [6, 6.07) is 2.74. The fraction of sp³-hybridized carbons (Fsp3) is 0.467. The van der Waals surface area contributed by atoms with Gasteiger partial charge >= 0.3 is 11.9 Å². The fourth-order valence-corrected chi connectivity index (χ4v) is 2.08. The van der Waals surface area contributed by atoms with Crippen molar-refractivity contribution in [1.29, 1.82) is 0 Å². The Balaban J connectivity index is 3.15. The summed E-state index contributed by atoms with van der Waals surface area (Å²) in [5.41, 5.74) is 0.545. The first-order chi connectivity index (χ1) is 9.27. The van der Waals surface area contributed by atoms with Crippen molar-refractivity contribution in [2.24, 2.45) is 5.92 Å². The molecule has 1 aromatic carbocycles. The van der Waals surface area contributed by atoms with Crippen molar-refractivity contribution in [3.8, 4) is 0 Å². The van der Waals surface area contributed by atoms with E-state index in [4.69, 9.17) is 21.4 Å². The molecule has 4 nitrogen and oxygen atoms in total. The number of carbonyl (C=O) groups is 2. The van der Waals surface area contributed by atoms with Crippen LogP contribution in [0.1, 0.15) is 53.5 Å². The van der Waals surface area contributed by atoms with Crippen molar-refractivity contribution >= 4 is 23.5 Å². The molecule has 1 aromatic rings. The lowest BCUT2D eigenvalue weighted by Gasteiger charge is -2.20. The van der Waals surface area contributed by atoms with Crippen LogP contribution in [0.3, 0.4) is 0 Å². The van der Waals surface area contributed by atoms with Gasteiger partial charge in [0.15, 0.2) is 0 Å². The highest BCUT2D eigenvalue weighted by atomic mass is 35.5. The second kappa shape index (κ2) is 6.75. The van der Waals surface area contributed by atoms with E-state index in [0.29, 0.717) is 17.0 Å². The van der Waals surface area contributed by atoms with Crippen LogP contribution in [0, 0.1) is 12.8 Å². The molecule has 0 spiro atoms. The smallest absolute Gasteiger partial charge is 0.339 e. The average Bonchev–Trinajstić information content (AvgIpc) is 2.37. The first-order valence-corrected chi connectivity index (χ1v) is 6.90. The second-order valence-electron chi connectivity index (χ2n) is 5.05. The number of rotatable bonds is 5. The summed E-state index contributed by atoms with van der Waals surface area (Å²) in [5, 5.41) is 9.48. The van der Waals surface area contributed by atoms with Crippen molar-refractivity contribution < 1.29 is 19.4 Å². The maximum atomic E-state index is 12.2. The number of ether oxygens (including phenoxy) is 1. The molecule has 20 heavy (non-hydrogen) atoms. The number of carboxylic acid groups (broad SMARTS) is 1. The molecule has 0 saturated carbocycles. The van der Waals surface area contributed by atoms with Gasteiger partial charge in [-0.2, -0.15) is 0 Å². The third-order valence-corrected chi connectivity index (χ3v) is 3.56. The fourth-order valence-electron chi connectivity index (χ4n) is 1.92. The lowest BCUT2D eigenvalue weighted by Crippen LogP contribution is -2.24. The summed E-state index contributed by atoms with van der Waals surface area (Å²) in [4.78, 5) is 23.4. The topological polar surface area (TPSA) is 63.6 Å². The Kier molecular flexibility index (Phi) is 5.57. The van der Waals surface area contributed by atoms with Crippen LogP contribution in [0.5, 0.6) is 0 Å². The molecule has 5 heteroatoms. The van der Waals surface area contributed by atoms with Gasteiger partial charge in [0.1, 0.15) is 6.10 Å². The molecule has 0 saturated heterocycles. The Labute approximate surface area is 123 Å². The Morgan fingerprint density at radius 3 is 2.35 bits per heavy atom. The Bertz CT molecular complexity index is 523. The third-order valence-electron chi connectivity index (χ3n) is 3.15. The number of hydrogen-bond acceptors (Lipinski definition) is 3. The molecule has 0 heterocycles. The molecule has 0 bridgehead atoms. The SMILES string of the molecule is CCC(OC(=O)c1cc(C)c(Cl)cc1C(=O)O)C(C)C. The minimum absolute atomic E-state index is 0.0403. The van der Waals surface area contributed by atoms with Crippen molar-refractivity contribution in [3.63, 3.8) is 0 Å². The van der Waals surface area contributed by atoms with Gasteiger partial charge in [0.05, 0.1) is 11.1 Å². The van der Waals surface area contributed by atoms with E-state index in [1.54, 1.807) is 6.92 Å². The van der Waals surface area contributed by atoms with Crippen molar-refractivity contribution in [2.75, 3.05) is 0 Å². The lowest BCUT2D eigenvalue weighted by molar-refractivity contribution is 0.0169. The zero-order chi connectivity index (χ0) is 15.4. The molecule has 0 radical (unpaired) electrons. The van der Waals surface area contributed by atoms with Gasteiger partial charge < -0.3 is 9.84 Å². The van der Waals surface area contributed by atoms with E-state index in [-0.39, 0.29) is 23.1 Å². The maximum Gasteiger partial charge on any atom is 0.339 e. The molecule has 1 unspecified atom stereocenters. The van der Waals surface area contributed by atoms with Gasteiger partial charge in [0.25, 0.3) is 0 Å². The highest BCUT2D eigenvalue weighted by molar-refractivity contribution is 6.32. The number of halogens is 1. The molecule has 1 rings (SSSR count). The summed E-state index contributed by atoms with van der Waals surface area (Å²) < 4.78 is 5.39. The number of benzene rings is 1. The van der Waals surface area contributed by atoms with Crippen molar-refractivity contribution in [3.05, 3.63) is 33.8 Å². The van der Waals surface area contributed by atoms with Gasteiger partial charge in [-0.05, 0) is 37.0 Å². The number of esters is 1. The molecular formula is C15H19ClO4. The van der Waals surface area contributed by atoms with Crippen LogP contribution in [0.25, 0.3) is 0 Å². The highest BCUT2D eigenvalue weighted by Crippen LogP contribution is 2.23. The number of carbonyl (C=O) groups excluding carboxylic acids is 1. The summed E-state index contributed by atoms with van der Waals surface area (Å²) in [5.74, 6) is -1.65. The Morgan fingerprint density at radius 2 is 1.90 bits per heavy atom. The van der Waals surface area contributed by atoms with E-state index in [2.05, 4.69) is 0 Å². The maximum absolute atomic E-state index is 12.2. The van der Waals surface area contributed by atoms with Crippen LogP contribution in [0.4, 0.5) is 0 Å². The van der Waals surface area contributed by atoms with Crippen molar-refractivity contribution in [1.82, 2.24) is 0 Å². The zero-order valence-electron chi connectivity index (χ0n) is 12.1. The predicted octanol–water partition coefficient (Wildman–Crippen LogP) is 3.94. The largest absolute Gasteiger partial charge is 0.478 e. The van der Waals surface area contributed by atoms with Gasteiger partial charge in [-0.15, -0.1) is 0 Å². The van der Waals surface area contributed by atoms with Gasteiger partial charge in [-0.25, -0.2) is 9.59 Å².